The maximum Gasteiger partial charge on any atom is 0.328 e. The first kappa shape index (κ1) is 49.6. The van der Waals surface area contributed by atoms with E-state index in [0.29, 0.717) is 0 Å². The average Bonchev–Trinajstić information content (AvgIpc) is 3.08. The van der Waals surface area contributed by atoms with E-state index >= 15 is 0 Å². The molecule has 0 aliphatic rings. The zero-order valence-electron chi connectivity index (χ0n) is 31.1. The first-order valence-corrected chi connectivity index (χ1v) is 17.1. The molecule has 0 aliphatic carbocycles. The van der Waals surface area contributed by atoms with Gasteiger partial charge in [-0.05, 0) is 53.4 Å². The SMILES string of the molecule is C[C@H](N)C(=O)N[C@@H](CCCN=C(N)N)C(=O)N[C@@H](CO)C(=O)N[C@H](C(=O)N[C@@H](CCCN=C(N)N)C(=O)N[C@H](C(=O)N[C@H](C(=O)O)[C@@H](C)O)[C@@H](C)O)[C@@H](C)O. The molecular formula is C30H57N13O12. The second-order valence-electron chi connectivity index (χ2n) is 12.6. The van der Waals surface area contributed by atoms with Gasteiger partial charge < -0.3 is 86.1 Å². The van der Waals surface area contributed by atoms with Crippen molar-refractivity contribution in [3.05, 3.63) is 0 Å². The van der Waals surface area contributed by atoms with Gasteiger partial charge in [-0.2, -0.15) is 0 Å². The number of aliphatic imine (C=N–C) groups is 2. The van der Waals surface area contributed by atoms with Gasteiger partial charge in [0, 0.05) is 13.1 Å². The molecule has 0 bridgehead atoms. The van der Waals surface area contributed by atoms with Crippen LogP contribution in [0.1, 0.15) is 53.4 Å². The topological polar surface area (TPSA) is 448 Å². The molecular weight excluding hydrogens is 734 g/mol. The molecule has 0 saturated carbocycles. The highest BCUT2D eigenvalue weighted by molar-refractivity contribution is 5.97. The van der Waals surface area contributed by atoms with Crippen LogP contribution in [0.15, 0.2) is 9.98 Å². The number of guanidine groups is 2. The molecule has 0 radical (unpaired) electrons. The molecule has 25 nitrogen and oxygen atoms in total. The van der Waals surface area contributed by atoms with E-state index in [1.54, 1.807) is 0 Å². The van der Waals surface area contributed by atoms with Crippen molar-refractivity contribution in [1.82, 2.24) is 31.9 Å². The highest BCUT2D eigenvalue weighted by Crippen LogP contribution is 2.06. The molecule has 6 amide bonds. The molecule has 10 atom stereocenters. The van der Waals surface area contributed by atoms with E-state index in [2.05, 4.69) is 36.6 Å². The lowest BCUT2D eigenvalue weighted by atomic mass is 10.1. The largest absolute Gasteiger partial charge is 0.480 e. The summed E-state index contributed by atoms with van der Waals surface area (Å²) in [5.74, 6) is -8.33. The average molecular weight is 792 g/mol. The molecule has 0 fully saturated rings. The van der Waals surface area contributed by atoms with Crippen LogP contribution in [-0.4, -0.2) is 159 Å². The fraction of sp³-hybridized carbons (Fsp3) is 0.700. The molecule has 0 saturated heterocycles. The van der Waals surface area contributed by atoms with E-state index in [0.717, 1.165) is 20.8 Å². The Morgan fingerprint density at radius 2 is 0.855 bits per heavy atom. The second-order valence-corrected chi connectivity index (χ2v) is 12.6. The summed E-state index contributed by atoms with van der Waals surface area (Å²) in [4.78, 5) is 97.4. The van der Waals surface area contributed by atoms with Crippen LogP contribution in [0.4, 0.5) is 0 Å². The zero-order chi connectivity index (χ0) is 42.6. The minimum Gasteiger partial charge on any atom is -0.480 e. The van der Waals surface area contributed by atoms with E-state index in [9.17, 15) is 59.1 Å². The predicted molar refractivity (Wildman–Crippen MR) is 195 cm³/mol. The number of carbonyl (C=O) groups is 7. The summed E-state index contributed by atoms with van der Waals surface area (Å²) in [5, 5.41) is 63.0. The normalized spacial score (nSPS) is 16.4. The minimum absolute atomic E-state index is 0.0234. The van der Waals surface area contributed by atoms with Gasteiger partial charge in [0.05, 0.1) is 31.0 Å². The molecule has 0 spiro atoms. The lowest BCUT2D eigenvalue weighted by Crippen LogP contribution is -2.63. The van der Waals surface area contributed by atoms with Crippen molar-refractivity contribution < 1.29 is 59.1 Å². The van der Waals surface area contributed by atoms with E-state index in [1.807, 2.05) is 5.32 Å². The molecule has 314 valence electrons. The predicted octanol–water partition coefficient (Wildman–Crippen LogP) is -8.43. The lowest BCUT2D eigenvalue weighted by Gasteiger charge is -2.28. The summed E-state index contributed by atoms with van der Waals surface area (Å²) >= 11 is 0. The van der Waals surface area contributed by atoms with Crippen LogP contribution in [0.3, 0.4) is 0 Å². The number of aliphatic hydroxyl groups is 4. The van der Waals surface area contributed by atoms with Crippen LogP contribution in [0.5, 0.6) is 0 Å². The van der Waals surface area contributed by atoms with Crippen molar-refractivity contribution in [3.8, 4) is 0 Å². The number of nitrogens with zero attached hydrogens (tertiary/aromatic N) is 2. The number of aliphatic carboxylic acids is 1. The zero-order valence-corrected chi connectivity index (χ0v) is 31.1. The van der Waals surface area contributed by atoms with Crippen LogP contribution in [0.2, 0.25) is 0 Å². The highest BCUT2D eigenvalue weighted by Gasteiger charge is 2.36. The Morgan fingerprint density at radius 3 is 1.20 bits per heavy atom. The van der Waals surface area contributed by atoms with Crippen LogP contribution in [0.25, 0.3) is 0 Å². The quantitative estimate of drug-likeness (QED) is 0.0232. The smallest absolute Gasteiger partial charge is 0.328 e. The van der Waals surface area contributed by atoms with Gasteiger partial charge in [0.25, 0.3) is 0 Å². The number of amides is 6. The molecule has 55 heavy (non-hydrogen) atoms. The van der Waals surface area contributed by atoms with Gasteiger partial charge in [0.15, 0.2) is 18.0 Å². The maximum atomic E-state index is 13.5. The van der Waals surface area contributed by atoms with Crippen molar-refractivity contribution in [2.24, 2.45) is 38.7 Å². The van der Waals surface area contributed by atoms with Gasteiger partial charge in [-0.15, -0.1) is 0 Å². The Labute approximate surface area is 316 Å². The van der Waals surface area contributed by atoms with Crippen molar-refractivity contribution in [1.29, 1.82) is 0 Å². The summed E-state index contributed by atoms with van der Waals surface area (Å²) in [7, 11) is 0. The standard InChI is InChI=1S/C30H57N13O12/c1-12(31)22(48)38-16(7-5-9-36-29(32)33)23(49)40-18(11-44)25(51)42-19(13(2)45)26(52)39-17(8-6-10-37-30(34)35)24(50)41-20(14(3)46)27(53)43-21(15(4)47)28(54)55/h12-21,44-47H,5-11,31H2,1-4H3,(H,38,48)(H,39,52)(H,40,49)(H,41,50)(H,42,51)(H,43,53)(H,54,55)(H4,32,33,36)(H4,34,35,37)/t12-,13+,14+,15+,16-,17-,18-,19-,20-,21-/m0/s1. The Balaban J connectivity index is 6.17. The third-order valence-corrected chi connectivity index (χ3v) is 7.56. The summed E-state index contributed by atoms with van der Waals surface area (Å²) < 4.78 is 0. The van der Waals surface area contributed by atoms with Crippen molar-refractivity contribution in [2.45, 2.75) is 114 Å². The lowest BCUT2D eigenvalue weighted by molar-refractivity contribution is -0.146. The van der Waals surface area contributed by atoms with Crippen LogP contribution in [-0.2, 0) is 33.6 Å². The number of carbonyl (C=O) groups excluding carboxylic acids is 6. The Kier molecular flexibility index (Phi) is 22.4. The highest BCUT2D eigenvalue weighted by atomic mass is 16.4. The van der Waals surface area contributed by atoms with Gasteiger partial charge in [-0.3, -0.25) is 38.8 Å². The van der Waals surface area contributed by atoms with Gasteiger partial charge >= 0.3 is 5.97 Å². The third-order valence-electron chi connectivity index (χ3n) is 7.56. The summed E-state index contributed by atoms with van der Waals surface area (Å²) in [6.45, 7) is 3.70. The summed E-state index contributed by atoms with van der Waals surface area (Å²) in [6, 6.07) is -11.0. The van der Waals surface area contributed by atoms with Crippen molar-refractivity contribution in [3.63, 3.8) is 0 Å². The summed E-state index contributed by atoms with van der Waals surface area (Å²) in [5.41, 5.74) is 26.9. The Morgan fingerprint density at radius 1 is 0.527 bits per heavy atom. The fourth-order valence-electron chi connectivity index (χ4n) is 4.53. The van der Waals surface area contributed by atoms with Crippen molar-refractivity contribution >= 4 is 53.3 Å². The number of hydrogen-bond acceptors (Lipinski definition) is 14. The molecule has 0 aliphatic heterocycles. The van der Waals surface area contributed by atoms with Crippen LogP contribution in [0, 0.1) is 0 Å². The number of aliphatic hydroxyl groups excluding tert-OH is 4. The Hall–Kier alpha value is -5.37. The maximum absolute atomic E-state index is 13.5. The van der Waals surface area contributed by atoms with Gasteiger partial charge in [0.1, 0.15) is 30.2 Å². The number of rotatable bonds is 25. The second kappa shape index (κ2) is 24.8. The molecule has 21 N–H and O–H groups in total. The molecule has 0 heterocycles. The van der Waals surface area contributed by atoms with E-state index in [-0.39, 0.29) is 50.7 Å². The first-order chi connectivity index (χ1) is 25.5. The molecule has 0 aromatic heterocycles. The number of nitrogens with two attached hydrogens (primary N) is 5. The number of nitrogens with one attached hydrogen (secondary N) is 6. The third kappa shape index (κ3) is 19.0. The number of hydrogen-bond donors (Lipinski definition) is 16. The fourth-order valence-corrected chi connectivity index (χ4v) is 4.53. The number of carboxylic acid groups (broad SMARTS) is 1. The Bertz CT molecular complexity index is 1370. The summed E-state index contributed by atoms with van der Waals surface area (Å²) in [6.07, 6.45) is -4.84. The van der Waals surface area contributed by atoms with E-state index < -0.39 is 109 Å². The number of carboxylic acids is 1. The molecule has 0 unspecified atom stereocenters. The van der Waals surface area contributed by atoms with Crippen LogP contribution < -0.4 is 60.6 Å². The van der Waals surface area contributed by atoms with E-state index in [1.165, 1.54) is 6.92 Å². The molecule has 0 aromatic carbocycles. The minimum atomic E-state index is -1.82. The van der Waals surface area contributed by atoms with Crippen molar-refractivity contribution in [2.75, 3.05) is 19.7 Å². The van der Waals surface area contributed by atoms with Gasteiger partial charge in [-0.1, -0.05) is 0 Å². The van der Waals surface area contributed by atoms with E-state index in [4.69, 9.17) is 28.7 Å². The molecule has 25 heteroatoms. The van der Waals surface area contributed by atoms with Gasteiger partial charge in [-0.25, -0.2) is 4.79 Å². The molecule has 0 aromatic rings. The first-order valence-electron chi connectivity index (χ1n) is 17.1. The van der Waals surface area contributed by atoms with Crippen LogP contribution >= 0.6 is 0 Å². The molecule has 0 rings (SSSR count). The van der Waals surface area contributed by atoms with Gasteiger partial charge in [0.2, 0.25) is 35.4 Å². The monoisotopic (exact) mass is 791 g/mol.